The highest BCUT2D eigenvalue weighted by Gasteiger charge is 2.25. The molecule has 0 aromatic heterocycles. The maximum Gasteiger partial charge on any atom is 0.361 e. The van der Waals surface area contributed by atoms with Crippen LogP contribution >= 0.6 is 0 Å². The monoisotopic (exact) mass is 1240 g/mol. The van der Waals surface area contributed by atoms with Crippen molar-refractivity contribution in [2.45, 2.75) is 334 Å². The summed E-state index contributed by atoms with van der Waals surface area (Å²) in [5, 5.41) is 9.76. The number of hydrogen-bond donors (Lipinski definition) is 1. The molecule has 2 unspecified atom stereocenters. The van der Waals surface area contributed by atoms with E-state index in [1.54, 1.807) is 0 Å². The van der Waals surface area contributed by atoms with Crippen LogP contribution in [0.3, 0.4) is 0 Å². The van der Waals surface area contributed by atoms with Gasteiger partial charge >= 0.3 is 17.9 Å². The topological polar surface area (TPSA) is 108 Å². The summed E-state index contributed by atoms with van der Waals surface area (Å²) < 4.78 is 23.0. The number of quaternary nitrogens is 1. The first kappa shape index (κ1) is 85.0. The SMILES string of the molecule is CC/C=C\C/C=C\C/C=C\C/C=C\C/C=C\C/C=C\C/C=C\C/C=C\C/C=C\CCCCCCCC(=O)OC(COC(=O)CCCCCCCCCCCCCCCCCCCCCCCCCCCCCCCCC)COC(OCC[N+](C)(C)C)C(=O)O. The van der Waals surface area contributed by atoms with Crippen molar-refractivity contribution in [1.82, 2.24) is 0 Å². The number of ether oxygens (including phenoxy) is 4. The Kier molecular flexibility index (Phi) is 66.7. The fourth-order valence-electron chi connectivity index (χ4n) is 10.4. The van der Waals surface area contributed by atoms with Gasteiger partial charge in [-0.1, -0.05) is 335 Å². The third kappa shape index (κ3) is 71.3. The number of rotatable bonds is 68. The first-order valence-electron chi connectivity index (χ1n) is 37.1. The van der Waals surface area contributed by atoms with Crippen LogP contribution in [-0.2, 0) is 33.3 Å². The second-order valence-corrected chi connectivity index (χ2v) is 25.9. The molecule has 2 atom stereocenters. The lowest BCUT2D eigenvalue weighted by Gasteiger charge is -2.25. The van der Waals surface area contributed by atoms with E-state index in [0.29, 0.717) is 23.9 Å². The van der Waals surface area contributed by atoms with Gasteiger partial charge in [-0.2, -0.15) is 0 Å². The highest BCUT2D eigenvalue weighted by molar-refractivity contribution is 5.71. The summed E-state index contributed by atoms with van der Waals surface area (Å²) in [7, 11) is 5.97. The van der Waals surface area contributed by atoms with Gasteiger partial charge in [-0.25, -0.2) is 4.79 Å². The molecule has 0 radical (unpaired) electrons. The van der Waals surface area contributed by atoms with Gasteiger partial charge in [-0.15, -0.1) is 0 Å². The zero-order valence-corrected chi connectivity index (χ0v) is 58.6. The summed E-state index contributed by atoms with van der Waals surface area (Å²) in [5.41, 5.74) is 0. The van der Waals surface area contributed by atoms with Crippen LogP contribution in [0.15, 0.2) is 109 Å². The van der Waals surface area contributed by atoms with E-state index >= 15 is 0 Å². The zero-order valence-electron chi connectivity index (χ0n) is 58.6. The van der Waals surface area contributed by atoms with Crippen LogP contribution in [0.25, 0.3) is 0 Å². The summed E-state index contributed by atoms with van der Waals surface area (Å²) >= 11 is 0. The van der Waals surface area contributed by atoms with E-state index in [1.807, 2.05) is 21.1 Å². The van der Waals surface area contributed by atoms with E-state index in [0.717, 1.165) is 109 Å². The van der Waals surface area contributed by atoms with Crippen LogP contribution in [0.1, 0.15) is 322 Å². The number of hydrogen-bond acceptors (Lipinski definition) is 7. The molecule has 0 aromatic rings. The predicted molar refractivity (Wildman–Crippen MR) is 382 cm³/mol. The van der Waals surface area contributed by atoms with Crippen molar-refractivity contribution in [2.24, 2.45) is 0 Å². The minimum absolute atomic E-state index is 0.180. The van der Waals surface area contributed by atoms with E-state index in [2.05, 4.69) is 123 Å². The molecular formula is C80H140NO8+. The van der Waals surface area contributed by atoms with Crippen LogP contribution in [0.4, 0.5) is 0 Å². The Labute approximate surface area is 549 Å². The van der Waals surface area contributed by atoms with Crippen molar-refractivity contribution < 1.29 is 42.9 Å². The molecule has 0 aromatic carbocycles. The molecule has 0 bridgehead atoms. The zero-order chi connectivity index (χ0) is 64.7. The van der Waals surface area contributed by atoms with Crippen molar-refractivity contribution in [3.8, 4) is 0 Å². The Balaban J connectivity index is 4.15. The lowest BCUT2D eigenvalue weighted by molar-refractivity contribution is -0.870. The summed E-state index contributed by atoms with van der Waals surface area (Å²) in [6.07, 6.45) is 95.0. The normalized spacial score (nSPS) is 13.3. The van der Waals surface area contributed by atoms with Crippen molar-refractivity contribution in [1.29, 1.82) is 0 Å². The molecule has 89 heavy (non-hydrogen) atoms. The van der Waals surface area contributed by atoms with E-state index in [1.165, 1.54) is 180 Å². The number of carboxylic acids is 1. The van der Waals surface area contributed by atoms with Crippen LogP contribution in [0.2, 0.25) is 0 Å². The first-order chi connectivity index (χ1) is 43.6. The van der Waals surface area contributed by atoms with Crippen molar-refractivity contribution in [2.75, 3.05) is 47.5 Å². The van der Waals surface area contributed by atoms with Crippen LogP contribution in [0, 0.1) is 0 Å². The average molecular weight is 1240 g/mol. The molecule has 0 heterocycles. The van der Waals surface area contributed by atoms with Gasteiger partial charge in [0.2, 0.25) is 0 Å². The second kappa shape index (κ2) is 69.8. The van der Waals surface area contributed by atoms with Gasteiger partial charge in [0.1, 0.15) is 13.2 Å². The maximum atomic E-state index is 13.0. The van der Waals surface area contributed by atoms with Crippen molar-refractivity contribution in [3.05, 3.63) is 109 Å². The van der Waals surface area contributed by atoms with Gasteiger partial charge in [0, 0.05) is 12.8 Å². The Bertz CT molecular complexity index is 1830. The lowest BCUT2D eigenvalue weighted by Crippen LogP contribution is -2.40. The van der Waals surface area contributed by atoms with Gasteiger partial charge in [0.25, 0.3) is 6.29 Å². The minimum atomic E-state index is -1.52. The molecule has 1 N–H and O–H groups in total. The van der Waals surface area contributed by atoms with Gasteiger partial charge in [-0.05, 0) is 83.5 Å². The molecule has 512 valence electrons. The molecule has 9 heteroatoms. The Morgan fingerprint density at radius 3 is 0.955 bits per heavy atom. The van der Waals surface area contributed by atoms with Crippen LogP contribution in [-0.4, -0.2) is 87.4 Å². The molecule has 0 spiro atoms. The number of unbranched alkanes of at least 4 members (excludes halogenated alkanes) is 35. The Morgan fingerprint density at radius 2 is 0.640 bits per heavy atom. The number of likely N-dealkylation sites (N-methyl/N-ethyl adjacent to an activating group) is 1. The smallest absolute Gasteiger partial charge is 0.361 e. The number of carbonyl (C=O) groups excluding carboxylic acids is 2. The van der Waals surface area contributed by atoms with Gasteiger partial charge in [0.05, 0.1) is 34.4 Å². The fraction of sp³-hybridized carbons (Fsp3) is 0.738. The number of aliphatic carboxylic acids is 1. The van der Waals surface area contributed by atoms with Crippen LogP contribution in [0.5, 0.6) is 0 Å². The lowest BCUT2D eigenvalue weighted by atomic mass is 10.0. The summed E-state index contributed by atoms with van der Waals surface area (Å²) in [6.45, 7) is 4.77. The van der Waals surface area contributed by atoms with Gasteiger partial charge < -0.3 is 28.5 Å². The molecular weight excluding hydrogens is 1100 g/mol. The van der Waals surface area contributed by atoms with E-state index in [9.17, 15) is 19.5 Å². The quantitative estimate of drug-likeness (QED) is 0.0211. The number of allylic oxidation sites excluding steroid dienone is 18. The number of nitrogens with zero attached hydrogens (tertiary/aromatic N) is 1. The van der Waals surface area contributed by atoms with Gasteiger partial charge in [-0.3, -0.25) is 9.59 Å². The molecule has 0 aliphatic rings. The van der Waals surface area contributed by atoms with E-state index in [4.69, 9.17) is 18.9 Å². The minimum Gasteiger partial charge on any atom is -0.477 e. The standard InChI is InChI=1S/C80H139NO8/c1-6-8-10-12-14-16-18-20-22-24-26-28-30-32-34-36-38-39-41-43-45-47-49-51-53-55-57-59-61-63-65-67-69-71-78(83)89-76(75-88-80(79(84)85)86-73-72-81(3,4)5)74-87-77(82)70-68-66-64-62-60-58-56-54-52-50-48-46-44-42-40-37-35-33-31-29-27-25-23-21-19-17-15-13-11-9-7-2/h8,10,14,16,20,22,26,28,32,34,38-39,43,45,49,51,55,57,76,80H,6-7,9,11-13,15,17-19,21,23-25,27,29-31,33,35-37,40-42,44,46-48,50,52-54,56,58-75H2,1-5H3/p+1/b10-8-,16-14-,22-20-,28-26-,34-32-,39-38-,45-43-,51-49-,57-55-. The number of carboxylic acid groups (broad SMARTS) is 1. The fourth-order valence-corrected chi connectivity index (χ4v) is 10.4. The molecule has 0 saturated carbocycles. The Hall–Kier alpha value is -4.05. The Morgan fingerprint density at radius 1 is 0.348 bits per heavy atom. The number of esters is 2. The van der Waals surface area contributed by atoms with E-state index < -0.39 is 24.3 Å². The largest absolute Gasteiger partial charge is 0.477 e. The van der Waals surface area contributed by atoms with Crippen molar-refractivity contribution >= 4 is 17.9 Å². The third-order valence-electron chi connectivity index (χ3n) is 16.0. The van der Waals surface area contributed by atoms with E-state index in [-0.39, 0.29) is 32.2 Å². The molecule has 0 rings (SSSR count). The molecule has 0 fully saturated rings. The predicted octanol–water partition coefficient (Wildman–Crippen LogP) is 23.4. The molecule has 0 saturated heterocycles. The third-order valence-corrected chi connectivity index (χ3v) is 16.0. The second-order valence-electron chi connectivity index (χ2n) is 25.9. The maximum absolute atomic E-state index is 13.0. The molecule has 9 nitrogen and oxygen atoms in total. The van der Waals surface area contributed by atoms with Crippen molar-refractivity contribution in [3.63, 3.8) is 0 Å². The summed E-state index contributed by atoms with van der Waals surface area (Å²) in [4.78, 5) is 37.7. The number of carbonyl (C=O) groups is 3. The highest BCUT2D eigenvalue weighted by atomic mass is 16.7. The average Bonchev–Trinajstić information content (AvgIpc) is 3.64. The first-order valence-corrected chi connectivity index (χ1v) is 37.1. The summed E-state index contributed by atoms with van der Waals surface area (Å²) in [5.74, 6) is -2.03. The molecule has 0 aliphatic carbocycles. The highest BCUT2D eigenvalue weighted by Crippen LogP contribution is 2.18. The van der Waals surface area contributed by atoms with Gasteiger partial charge in [0.15, 0.2) is 6.10 Å². The molecule has 0 amide bonds. The summed E-state index contributed by atoms with van der Waals surface area (Å²) in [6, 6.07) is 0. The van der Waals surface area contributed by atoms with Crippen LogP contribution < -0.4 is 0 Å². The molecule has 0 aliphatic heterocycles.